The van der Waals surface area contributed by atoms with Crippen molar-refractivity contribution in [3.63, 3.8) is 0 Å². The van der Waals surface area contributed by atoms with Crippen molar-refractivity contribution < 1.29 is 9.84 Å². The summed E-state index contributed by atoms with van der Waals surface area (Å²) in [5.74, 6) is 1.45. The number of hydrogen-bond donors (Lipinski definition) is 2. The highest BCUT2D eigenvalue weighted by atomic mass is 79.9. The molecule has 3 N–H and O–H groups in total. The second kappa shape index (κ2) is 5.89. The van der Waals surface area contributed by atoms with Crippen LogP contribution in [-0.4, -0.2) is 11.7 Å². The van der Waals surface area contributed by atoms with E-state index < -0.39 is 0 Å². The van der Waals surface area contributed by atoms with Gasteiger partial charge in [0.2, 0.25) is 0 Å². The maximum Gasteiger partial charge on any atom is 0.141 e. The van der Waals surface area contributed by atoms with Crippen LogP contribution in [0.4, 0.5) is 5.69 Å². The molecule has 18 heavy (non-hydrogen) atoms. The molecule has 0 aliphatic rings. The summed E-state index contributed by atoms with van der Waals surface area (Å²) in [7, 11) is 0. The molecule has 0 aliphatic carbocycles. The Kier molecular flexibility index (Phi) is 4.23. The maximum atomic E-state index is 9.02. The lowest BCUT2D eigenvalue weighted by Gasteiger charge is -2.12. The lowest BCUT2D eigenvalue weighted by molar-refractivity contribution is 0.298. The van der Waals surface area contributed by atoms with Crippen molar-refractivity contribution in [2.24, 2.45) is 0 Å². The van der Waals surface area contributed by atoms with Crippen molar-refractivity contribution in [1.29, 1.82) is 0 Å². The van der Waals surface area contributed by atoms with Crippen molar-refractivity contribution >= 4 is 21.6 Å². The molecule has 0 heterocycles. The Labute approximate surface area is 114 Å². The van der Waals surface area contributed by atoms with Crippen LogP contribution < -0.4 is 10.5 Å². The summed E-state index contributed by atoms with van der Waals surface area (Å²) in [6.07, 6.45) is 0.572. The summed E-state index contributed by atoms with van der Waals surface area (Å²) >= 11 is 3.41. The van der Waals surface area contributed by atoms with Gasteiger partial charge in [-0.05, 0) is 52.2 Å². The SMILES string of the molecule is Nc1ccc(Oc2ccccc2CCO)c(Br)c1. The average Bonchev–Trinajstić information content (AvgIpc) is 2.35. The Morgan fingerprint density at radius 3 is 2.61 bits per heavy atom. The molecular formula is C14H14BrNO2. The number of aliphatic hydroxyl groups excluding tert-OH is 1. The van der Waals surface area contributed by atoms with Gasteiger partial charge >= 0.3 is 0 Å². The molecule has 4 heteroatoms. The molecule has 0 bridgehead atoms. The van der Waals surface area contributed by atoms with Crippen LogP contribution in [0.1, 0.15) is 5.56 Å². The Bertz CT molecular complexity index is 543. The van der Waals surface area contributed by atoms with Crippen molar-refractivity contribution in [2.45, 2.75) is 6.42 Å². The molecule has 0 radical (unpaired) electrons. The molecule has 0 aliphatic heterocycles. The topological polar surface area (TPSA) is 55.5 Å². The molecule has 0 aromatic heterocycles. The standard InChI is InChI=1S/C14H14BrNO2/c15-12-9-11(16)5-6-14(12)18-13-4-2-1-3-10(13)7-8-17/h1-6,9,17H,7-8,16H2. The Balaban J connectivity index is 2.28. The van der Waals surface area contributed by atoms with Gasteiger partial charge in [0.05, 0.1) is 4.47 Å². The summed E-state index contributed by atoms with van der Waals surface area (Å²) in [5, 5.41) is 9.02. The van der Waals surface area contributed by atoms with Crippen LogP contribution in [0.5, 0.6) is 11.5 Å². The molecule has 94 valence electrons. The zero-order chi connectivity index (χ0) is 13.0. The van der Waals surface area contributed by atoms with Gasteiger partial charge in [0.25, 0.3) is 0 Å². The van der Waals surface area contributed by atoms with Gasteiger partial charge in [-0.25, -0.2) is 0 Å². The van der Waals surface area contributed by atoms with Gasteiger partial charge in [-0.3, -0.25) is 0 Å². The molecule has 0 amide bonds. The van der Waals surface area contributed by atoms with E-state index in [1.54, 1.807) is 12.1 Å². The molecule has 0 atom stereocenters. The molecule has 3 nitrogen and oxygen atoms in total. The largest absolute Gasteiger partial charge is 0.456 e. The maximum absolute atomic E-state index is 9.02. The summed E-state index contributed by atoms with van der Waals surface area (Å²) in [5.41, 5.74) is 7.33. The third kappa shape index (κ3) is 3.03. The zero-order valence-electron chi connectivity index (χ0n) is 9.77. The van der Waals surface area contributed by atoms with Crippen LogP contribution in [0.3, 0.4) is 0 Å². The second-order valence-corrected chi connectivity index (χ2v) is 4.73. The minimum absolute atomic E-state index is 0.100. The zero-order valence-corrected chi connectivity index (χ0v) is 11.4. The molecule has 2 aromatic carbocycles. The molecular weight excluding hydrogens is 294 g/mol. The van der Waals surface area contributed by atoms with Crippen molar-refractivity contribution in [2.75, 3.05) is 12.3 Å². The number of anilines is 1. The van der Waals surface area contributed by atoms with Crippen molar-refractivity contribution in [3.8, 4) is 11.5 Å². The lowest BCUT2D eigenvalue weighted by atomic mass is 10.1. The van der Waals surface area contributed by atoms with Crippen molar-refractivity contribution in [1.82, 2.24) is 0 Å². The van der Waals surface area contributed by atoms with Gasteiger partial charge in [0, 0.05) is 12.3 Å². The first-order valence-electron chi connectivity index (χ1n) is 5.62. The van der Waals surface area contributed by atoms with E-state index in [0.29, 0.717) is 17.9 Å². The number of hydrogen-bond acceptors (Lipinski definition) is 3. The van der Waals surface area contributed by atoms with E-state index >= 15 is 0 Å². The number of rotatable bonds is 4. The number of para-hydroxylation sites is 1. The molecule has 0 unspecified atom stereocenters. The minimum Gasteiger partial charge on any atom is -0.456 e. The summed E-state index contributed by atoms with van der Waals surface area (Å²) in [6, 6.07) is 13.1. The Hall–Kier alpha value is -1.52. The number of benzene rings is 2. The third-order valence-corrected chi connectivity index (χ3v) is 3.15. The highest BCUT2D eigenvalue weighted by Crippen LogP contribution is 2.32. The smallest absolute Gasteiger partial charge is 0.141 e. The van der Waals surface area contributed by atoms with Crippen LogP contribution in [0.25, 0.3) is 0 Å². The third-order valence-electron chi connectivity index (χ3n) is 2.53. The number of nitrogen functional groups attached to an aromatic ring is 1. The van der Waals surface area contributed by atoms with Gasteiger partial charge in [-0.1, -0.05) is 18.2 Å². The Morgan fingerprint density at radius 2 is 1.89 bits per heavy atom. The lowest BCUT2D eigenvalue weighted by Crippen LogP contribution is -1.95. The van der Waals surface area contributed by atoms with Crippen LogP contribution in [0.15, 0.2) is 46.9 Å². The van der Waals surface area contributed by atoms with E-state index in [1.807, 2.05) is 30.3 Å². The Morgan fingerprint density at radius 1 is 1.11 bits per heavy atom. The van der Waals surface area contributed by atoms with Crippen LogP contribution in [0.2, 0.25) is 0 Å². The van der Waals surface area contributed by atoms with Gasteiger partial charge in [-0.15, -0.1) is 0 Å². The minimum atomic E-state index is 0.100. The monoisotopic (exact) mass is 307 g/mol. The fourth-order valence-electron chi connectivity index (χ4n) is 1.65. The number of nitrogens with two attached hydrogens (primary N) is 1. The molecule has 2 rings (SSSR count). The molecule has 0 spiro atoms. The van der Waals surface area contributed by atoms with Gasteiger partial charge < -0.3 is 15.6 Å². The number of ether oxygens (including phenoxy) is 1. The number of aliphatic hydroxyl groups is 1. The normalized spacial score (nSPS) is 10.3. The fourth-order valence-corrected chi connectivity index (χ4v) is 2.13. The predicted molar refractivity (Wildman–Crippen MR) is 75.9 cm³/mol. The second-order valence-electron chi connectivity index (χ2n) is 3.87. The highest BCUT2D eigenvalue weighted by molar-refractivity contribution is 9.10. The van der Waals surface area contributed by atoms with E-state index in [9.17, 15) is 0 Å². The van der Waals surface area contributed by atoms with Gasteiger partial charge in [0.1, 0.15) is 11.5 Å². The summed E-state index contributed by atoms with van der Waals surface area (Å²) < 4.78 is 6.64. The molecule has 0 saturated heterocycles. The van der Waals surface area contributed by atoms with E-state index in [0.717, 1.165) is 15.8 Å². The van der Waals surface area contributed by atoms with Crippen LogP contribution >= 0.6 is 15.9 Å². The van der Waals surface area contributed by atoms with Crippen LogP contribution in [0, 0.1) is 0 Å². The fraction of sp³-hybridized carbons (Fsp3) is 0.143. The first-order chi connectivity index (χ1) is 8.70. The van der Waals surface area contributed by atoms with E-state index in [-0.39, 0.29) is 6.61 Å². The van der Waals surface area contributed by atoms with Crippen molar-refractivity contribution in [3.05, 3.63) is 52.5 Å². The molecule has 0 saturated carbocycles. The summed E-state index contributed by atoms with van der Waals surface area (Å²) in [6.45, 7) is 0.100. The van der Waals surface area contributed by atoms with Crippen LogP contribution in [-0.2, 0) is 6.42 Å². The predicted octanol–water partition coefficient (Wildman–Crippen LogP) is 3.36. The summed E-state index contributed by atoms with van der Waals surface area (Å²) in [4.78, 5) is 0. The highest BCUT2D eigenvalue weighted by Gasteiger charge is 2.06. The van der Waals surface area contributed by atoms with E-state index in [2.05, 4.69) is 15.9 Å². The quantitative estimate of drug-likeness (QED) is 0.852. The molecule has 2 aromatic rings. The number of halogens is 1. The van der Waals surface area contributed by atoms with E-state index in [4.69, 9.17) is 15.6 Å². The first kappa shape index (κ1) is 12.9. The average molecular weight is 308 g/mol. The van der Waals surface area contributed by atoms with Gasteiger partial charge in [0.15, 0.2) is 0 Å². The first-order valence-corrected chi connectivity index (χ1v) is 6.41. The molecule has 0 fully saturated rings. The van der Waals surface area contributed by atoms with E-state index in [1.165, 1.54) is 0 Å². The van der Waals surface area contributed by atoms with Gasteiger partial charge in [-0.2, -0.15) is 0 Å².